The zero-order chi connectivity index (χ0) is 21.2. The van der Waals surface area contributed by atoms with E-state index in [1.165, 1.54) is 0 Å². The maximum atomic E-state index is 11.3. The largest absolute Gasteiger partial charge is 0.494 e. The number of hydrogen-bond acceptors (Lipinski definition) is 5. The molecular weight excluding hydrogens is 378 g/mol. The van der Waals surface area contributed by atoms with Crippen LogP contribution in [-0.4, -0.2) is 29.2 Å². The molecule has 2 aromatic carbocycles. The number of aromatic nitrogens is 1. The number of pyridine rings is 1. The Bertz CT molecular complexity index is 930. The van der Waals surface area contributed by atoms with E-state index in [0.717, 1.165) is 35.7 Å². The fourth-order valence-corrected chi connectivity index (χ4v) is 3.28. The fourth-order valence-electron chi connectivity index (χ4n) is 3.28. The molecule has 30 heavy (non-hydrogen) atoms. The van der Waals surface area contributed by atoms with E-state index in [-0.39, 0.29) is 12.3 Å². The lowest BCUT2D eigenvalue weighted by Gasteiger charge is -2.16. The van der Waals surface area contributed by atoms with Gasteiger partial charge in [0.15, 0.2) is 0 Å². The van der Waals surface area contributed by atoms with Crippen molar-refractivity contribution < 1.29 is 14.6 Å². The van der Waals surface area contributed by atoms with Gasteiger partial charge >= 0.3 is 5.97 Å². The van der Waals surface area contributed by atoms with Gasteiger partial charge in [-0.25, -0.2) is 4.98 Å². The van der Waals surface area contributed by atoms with E-state index in [2.05, 4.69) is 10.3 Å². The molecule has 6 nitrogen and oxygen atoms in total. The summed E-state index contributed by atoms with van der Waals surface area (Å²) >= 11 is 0. The van der Waals surface area contributed by atoms with Crippen LogP contribution in [0.15, 0.2) is 72.8 Å². The molecule has 0 fully saturated rings. The number of benzene rings is 2. The lowest BCUT2D eigenvalue weighted by Crippen LogP contribution is -2.10. The molecule has 0 spiro atoms. The van der Waals surface area contributed by atoms with Gasteiger partial charge in [0.05, 0.1) is 13.0 Å². The van der Waals surface area contributed by atoms with Crippen LogP contribution in [0.4, 0.5) is 11.6 Å². The zero-order valence-corrected chi connectivity index (χ0v) is 16.8. The third-order valence-corrected chi connectivity index (χ3v) is 4.76. The van der Waals surface area contributed by atoms with Crippen molar-refractivity contribution in [2.75, 3.05) is 24.2 Å². The number of nitrogens with zero attached hydrogens (tertiary/aromatic N) is 1. The van der Waals surface area contributed by atoms with Gasteiger partial charge in [-0.2, -0.15) is 0 Å². The van der Waals surface area contributed by atoms with Gasteiger partial charge in [-0.1, -0.05) is 48.5 Å². The average molecular weight is 405 g/mol. The third kappa shape index (κ3) is 6.81. The third-order valence-electron chi connectivity index (χ3n) is 4.76. The first-order valence-electron chi connectivity index (χ1n) is 10.0. The molecule has 0 aliphatic carbocycles. The van der Waals surface area contributed by atoms with Gasteiger partial charge in [-0.3, -0.25) is 4.79 Å². The van der Waals surface area contributed by atoms with Crippen molar-refractivity contribution in [2.45, 2.75) is 25.2 Å². The molecule has 4 N–H and O–H groups in total. The van der Waals surface area contributed by atoms with Gasteiger partial charge in [0.25, 0.3) is 0 Å². The first-order valence-corrected chi connectivity index (χ1v) is 10.0. The number of aliphatic carboxylic acids is 1. The number of rotatable bonds is 11. The first-order chi connectivity index (χ1) is 14.6. The minimum Gasteiger partial charge on any atom is -0.494 e. The van der Waals surface area contributed by atoms with Crippen LogP contribution in [0.1, 0.15) is 29.9 Å². The Morgan fingerprint density at radius 2 is 1.80 bits per heavy atom. The highest BCUT2D eigenvalue weighted by Gasteiger charge is 2.16. The number of anilines is 2. The number of nitrogens with two attached hydrogens (primary N) is 1. The van der Waals surface area contributed by atoms with E-state index in [9.17, 15) is 9.90 Å². The SMILES string of the molecule is Nc1cccc(NCCCOc2ccc(CC(CC(=O)O)c3ccccc3)cc2)n1. The lowest BCUT2D eigenvalue weighted by molar-refractivity contribution is -0.137. The van der Waals surface area contributed by atoms with Crippen molar-refractivity contribution in [3.63, 3.8) is 0 Å². The van der Waals surface area contributed by atoms with Crippen molar-refractivity contribution >= 4 is 17.6 Å². The number of hydrogen-bond donors (Lipinski definition) is 3. The van der Waals surface area contributed by atoms with Gasteiger partial charge in [0.2, 0.25) is 0 Å². The molecule has 0 bridgehead atoms. The predicted octanol–water partition coefficient (Wildman–Crippen LogP) is 4.35. The van der Waals surface area contributed by atoms with Gasteiger partial charge in [-0.15, -0.1) is 0 Å². The minimum atomic E-state index is -0.786. The topological polar surface area (TPSA) is 97.5 Å². The molecule has 0 aliphatic rings. The molecule has 3 aromatic rings. The monoisotopic (exact) mass is 405 g/mol. The molecule has 1 aromatic heterocycles. The maximum Gasteiger partial charge on any atom is 0.303 e. The second kappa shape index (κ2) is 10.9. The second-order valence-corrected chi connectivity index (χ2v) is 7.13. The first kappa shape index (κ1) is 21.2. The van der Waals surface area contributed by atoms with Crippen LogP contribution in [0.2, 0.25) is 0 Å². The molecule has 0 saturated heterocycles. The molecule has 156 valence electrons. The summed E-state index contributed by atoms with van der Waals surface area (Å²) in [5.74, 6) is 1.21. The zero-order valence-electron chi connectivity index (χ0n) is 16.8. The van der Waals surface area contributed by atoms with Crippen LogP contribution >= 0.6 is 0 Å². The van der Waals surface area contributed by atoms with Crippen LogP contribution in [0.25, 0.3) is 0 Å². The van der Waals surface area contributed by atoms with Crippen LogP contribution in [0.3, 0.4) is 0 Å². The molecule has 1 heterocycles. The Labute approximate surface area is 176 Å². The van der Waals surface area contributed by atoms with Crippen molar-refractivity contribution in [2.24, 2.45) is 0 Å². The molecule has 1 unspecified atom stereocenters. The second-order valence-electron chi connectivity index (χ2n) is 7.13. The smallest absolute Gasteiger partial charge is 0.303 e. The highest BCUT2D eigenvalue weighted by molar-refractivity contribution is 5.68. The lowest BCUT2D eigenvalue weighted by atomic mass is 9.89. The molecule has 3 rings (SSSR count). The molecule has 0 radical (unpaired) electrons. The Morgan fingerprint density at radius 3 is 2.50 bits per heavy atom. The highest BCUT2D eigenvalue weighted by atomic mass is 16.5. The highest BCUT2D eigenvalue weighted by Crippen LogP contribution is 2.25. The number of nitrogen functional groups attached to an aromatic ring is 1. The summed E-state index contributed by atoms with van der Waals surface area (Å²) < 4.78 is 5.80. The van der Waals surface area contributed by atoms with Gasteiger partial charge in [0, 0.05) is 6.54 Å². The molecule has 6 heteroatoms. The van der Waals surface area contributed by atoms with E-state index in [4.69, 9.17) is 10.5 Å². The van der Waals surface area contributed by atoms with Crippen LogP contribution in [0, 0.1) is 0 Å². The standard InChI is InChI=1S/C24H27N3O3/c25-22-8-4-9-23(27-22)26-14-5-15-30-21-12-10-18(11-13-21)16-20(17-24(28)29)19-6-2-1-3-7-19/h1-4,6-13,20H,5,14-17H2,(H,28,29)(H3,25,26,27). The fraction of sp³-hybridized carbons (Fsp3) is 0.250. The average Bonchev–Trinajstić information content (AvgIpc) is 2.74. The minimum absolute atomic E-state index is 0.0535. The van der Waals surface area contributed by atoms with Crippen molar-refractivity contribution in [3.05, 3.63) is 83.9 Å². The summed E-state index contributed by atoms with van der Waals surface area (Å²) in [4.78, 5) is 15.5. The Hall–Kier alpha value is -3.54. The molecular formula is C24H27N3O3. The van der Waals surface area contributed by atoms with Gasteiger partial charge < -0.3 is 20.9 Å². The van der Waals surface area contributed by atoms with Crippen LogP contribution in [-0.2, 0) is 11.2 Å². The number of nitrogens with one attached hydrogen (secondary N) is 1. The van der Waals surface area contributed by atoms with E-state index >= 15 is 0 Å². The summed E-state index contributed by atoms with van der Waals surface area (Å²) in [6, 6.07) is 23.2. The van der Waals surface area contributed by atoms with Crippen LogP contribution < -0.4 is 15.8 Å². The van der Waals surface area contributed by atoms with Gasteiger partial charge in [-0.05, 0) is 54.2 Å². The summed E-state index contributed by atoms with van der Waals surface area (Å²) in [5, 5.41) is 12.5. The van der Waals surface area contributed by atoms with Crippen molar-refractivity contribution in [1.82, 2.24) is 4.98 Å². The summed E-state index contributed by atoms with van der Waals surface area (Å²) in [6.45, 7) is 1.32. The van der Waals surface area contributed by atoms with E-state index in [0.29, 0.717) is 18.8 Å². The van der Waals surface area contributed by atoms with Crippen molar-refractivity contribution in [3.8, 4) is 5.75 Å². The van der Waals surface area contributed by atoms with E-state index in [1.807, 2.05) is 66.7 Å². The Morgan fingerprint density at radius 1 is 1.03 bits per heavy atom. The Kier molecular flexibility index (Phi) is 7.66. The number of ether oxygens (including phenoxy) is 1. The number of carboxylic acids is 1. The molecule has 0 saturated carbocycles. The quantitative estimate of drug-likeness (QED) is 0.411. The van der Waals surface area contributed by atoms with Crippen LogP contribution in [0.5, 0.6) is 5.75 Å². The van der Waals surface area contributed by atoms with E-state index in [1.54, 1.807) is 6.07 Å². The summed E-state index contributed by atoms with van der Waals surface area (Å²) in [7, 11) is 0. The van der Waals surface area contributed by atoms with E-state index < -0.39 is 5.97 Å². The molecule has 1 atom stereocenters. The predicted molar refractivity (Wildman–Crippen MR) is 119 cm³/mol. The number of carbonyl (C=O) groups is 1. The number of carboxylic acid groups (broad SMARTS) is 1. The summed E-state index contributed by atoms with van der Waals surface area (Å²) in [6.07, 6.45) is 1.61. The maximum absolute atomic E-state index is 11.3. The van der Waals surface area contributed by atoms with Gasteiger partial charge in [0.1, 0.15) is 17.4 Å². The summed E-state index contributed by atoms with van der Waals surface area (Å²) in [5.41, 5.74) is 7.79. The molecule has 0 aliphatic heterocycles. The normalized spacial score (nSPS) is 11.6. The Balaban J connectivity index is 1.46. The molecule has 0 amide bonds. The van der Waals surface area contributed by atoms with Crippen molar-refractivity contribution in [1.29, 1.82) is 0 Å².